The molecule has 7 nitrogen and oxygen atoms in total. The highest BCUT2D eigenvalue weighted by Crippen LogP contribution is 2.39. The number of aryl methyl sites for hydroxylation is 1. The highest BCUT2D eigenvalue weighted by molar-refractivity contribution is 5.93. The van der Waals surface area contributed by atoms with Crippen molar-refractivity contribution < 1.29 is 19.1 Å². The number of rotatable bonds is 3. The van der Waals surface area contributed by atoms with Crippen molar-refractivity contribution in [2.24, 2.45) is 0 Å². The fourth-order valence-electron chi connectivity index (χ4n) is 5.51. The highest BCUT2D eigenvalue weighted by atomic mass is 19.1. The Bertz CT molecular complexity index is 1050. The molecule has 33 heavy (non-hydrogen) atoms. The first kappa shape index (κ1) is 21.6. The molecule has 8 heteroatoms. The number of benzene rings is 2. The fraction of sp³-hybridized carbons (Fsp3) is 0.440. The average Bonchev–Trinajstić information content (AvgIpc) is 3.42. The molecule has 2 bridgehead atoms. The number of nitrogens with one attached hydrogen (secondary N) is 1. The summed E-state index contributed by atoms with van der Waals surface area (Å²) in [5.74, 6) is -0.0516. The van der Waals surface area contributed by atoms with Gasteiger partial charge in [0.05, 0.1) is 11.7 Å². The van der Waals surface area contributed by atoms with Crippen LogP contribution in [-0.2, 0) is 0 Å². The number of carbonyl (C=O) groups is 2. The number of halogens is 1. The highest BCUT2D eigenvalue weighted by Gasteiger charge is 2.46. The predicted octanol–water partition coefficient (Wildman–Crippen LogP) is 4.49. The van der Waals surface area contributed by atoms with Crippen molar-refractivity contribution in [3.63, 3.8) is 0 Å². The average molecular weight is 453 g/mol. The Labute approximate surface area is 192 Å². The van der Waals surface area contributed by atoms with Gasteiger partial charge in [-0.2, -0.15) is 0 Å². The molecule has 2 aromatic rings. The molecule has 3 aliphatic rings. The van der Waals surface area contributed by atoms with Crippen molar-refractivity contribution in [1.29, 1.82) is 0 Å². The Kier molecular flexibility index (Phi) is 5.60. The van der Waals surface area contributed by atoms with Crippen molar-refractivity contribution in [3.8, 4) is 0 Å². The number of likely N-dealkylation sites (tertiary alicyclic amines) is 2. The van der Waals surface area contributed by atoms with Gasteiger partial charge in [0, 0.05) is 32.2 Å². The van der Waals surface area contributed by atoms with Crippen LogP contribution in [-0.4, -0.2) is 65.3 Å². The van der Waals surface area contributed by atoms with Gasteiger partial charge in [-0.3, -0.25) is 0 Å². The maximum absolute atomic E-state index is 14.8. The first-order valence-corrected chi connectivity index (χ1v) is 11.6. The standard InChI is InChI=1S/C25H29FN4O3/c1-16-5-7-17(8-6-16)18-9-11-28(12-10-18)24(31)27-23-21(26)3-2-4-22(23)29-14-20-13-19(29)15-30(20)25(32)33/h2-8,18-20H,9-15H2,1H3,(H,27,31)(H,32,33)/t19-,20-/m1/s1. The molecule has 0 spiro atoms. The molecule has 3 saturated heterocycles. The number of piperidine rings is 1. The molecule has 0 aliphatic carbocycles. The van der Waals surface area contributed by atoms with Gasteiger partial charge in [-0.1, -0.05) is 35.9 Å². The quantitative estimate of drug-likeness (QED) is 0.720. The van der Waals surface area contributed by atoms with Gasteiger partial charge in [-0.15, -0.1) is 0 Å². The first-order valence-electron chi connectivity index (χ1n) is 11.6. The molecule has 0 unspecified atom stereocenters. The third-order valence-corrected chi connectivity index (χ3v) is 7.35. The zero-order valence-electron chi connectivity index (χ0n) is 18.7. The lowest BCUT2D eigenvalue weighted by molar-refractivity contribution is 0.137. The number of carbonyl (C=O) groups excluding carboxylic acids is 1. The summed E-state index contributed by atoms with van der Waals surface area (Å²) >= 11 is 0. The zero-order valence-corrected chi connectivity index (χ0v) is 18.7. The molecule has 174 valence electrons. The molecule has 3 heterocycles. The minimum absolute atomic E-state index is 0.00574. The minimum Gasteiger partial charge on any atom is -0.465 e. The van der Waals surface area contributed by atoms with E-state index in [0.29, 0.717) is 37.8 Å². The van der Waals surface area contributed by atoms with E-state index in [1.807, 2.05) is 4.90 Å². The number of nitrogens with zero attached hydrogens (tertiary/aromatic N) is 3. The zero-order chi connectivity index (χ0) is 23.1. The third-order valence-electron chi connectivity index (χ3n) is 7.35. The normalized spacial score (nSPS) is 22.7. The lowest BCUT2D eigenvalue weighted by Crippen LogP contribution is -2.48. The van der Waals surface area contributed by atoms with E-state index in [1.165, 1.54) is 22.1 Å². The van der Waals surface area contributed by atoms with Gasteiger partial charge < -0.3 is 25.1 Å². The van der Waals surface area contributed by atoms with Crippen LogP contribution in [0.5, 0.6) is 0 Å². The number of piperazine rings is 1. The van der Waals surface area contributed by atoms with Gasteiger partial charge in [0.2, 0.25) is 0 Å². The Morgan fingerprint density at radius 1 is 1.03 bits per heavy atom. The Balaban J connectivity index is 1.25. The van der Waals surface area contributed by atoms with E-state index in [9.17, 15) is 19.1 Å². The van der Waals surface area contributed by atoms with Crippen LogP contribution >= 0.6 is 0 Å². The van der Waals surface area contributed by atoms with Crippen LogP contribution in [0.2, 0.25) is 0 Å². The fourth-order valence-corrected chi connectivity index (χ4v) is 5.51. The van der Waals surface area contributed by atoms with Gasteiger partial charge >= 0.3 is 12.1 Å². The maximum atomic E-state index is 14.8. The molecule has 2 aromatic carbocycles. The second kappa shape index (κ2) is 8.57. The van der Waals surface area contributed by atoms with Crippen LogP contribution in [0, 0.1) is 12.7 Å². The molecular formula is C25H29FN4O3. The van der Waals surface area contributed by atoms with Gasteiger partial charge in [-0.05, 0) is 49.8 Å². The smallest absolute Gasteiger partial charge is 0.407 e. The van der Waals surface area contributed by atoms with Crippen LogP contribution in [0.15, 0.2) is 42.5 Å². The Morgan fingerprint density at radius 3 is 2.39 bits per heavy atom. The molecule has 3 fully saturated rings. The van der Waals surface area contributed by atoms with Gasteiger partial charge in [0.15, 0.2) is 0 Å². The Morgan fingerprint density at radius 2 is 1.76 bits per heavy atom. The molecule has 0 saturated carbocycles. The summed E-state index contributed by atoms with van der Waals surface area (Å²) in [5.41, 5.74) is 3.34. The summed E-state index contributed by atoms with van der Waals surface area (Å²) in [6, 6.07) is 13.0. The summed E-state index contributed by atoms with van der Waals surface area (Å²) in [6.07, 6.45) is 1.56. The minimum atomic E-state index is -0.913. The number of fused-ring (bicyclic) bond motifs is 2. The summed E-state index contributed by atoms with van der Waals surface area (Å²) < 4.78 is 14.8. The van der Waals surface area contributed by atoms with Crippen LogP contribution in [0.4, 0.5) is 25.4 Å². The lowest BCUT2D eigenvalue weighted by atomic mass is 9.89. The van der Waals surface area contributed by atoms with Gasteiger partial charge in [-0.25, -0.2) is 14.0 Å². The van der Waals surface area contributed by atoms with Crippen LogP contribution < -0.4 is 10.2 Å². The third kappa shape index (κ3) is 4.10. The maximum Gasteiger partial charge on any atom is 0.407 e. The number of amides is 3. The van der Waals surface area contributed by atoms with Crippen molar-refractivity contribution in [1.82, 2.24) is 9.80 Å². The lowest BCUT2D eigenvalue weighted by Gasteiger charge is -2.36. The summed E-state index contributed by atoms with van der Waals surface area (Å²) in [7, 11) is 0. The Hall–Kier alpha value is -3.29. The van der Waals surface area contributed by atoms with Crippen LogP contribution in [0.3, 0.4) is 0 Å². The van der Waals surface area contributed by atoms with E-state index >= 15 is 0 Å². The van der Waals surface area contributed by atoms with E-state index in [-0.39, 0.29) is 23.8 Å². The van der Waals surface area contributed by atoms with E-state index < -0.39 is 11.9 Å². The topological polar surface area (TPSA) is 76.1 Å². The second-order valence-electron chi connectivity index (χ2n) is 9.37. The molecule has 3 aliphatic heterocycles. The van der Waals surface area contributed by atoms with Gasteiger partial charge in [0.25, 0.3) is 0 Å². The van der Waals surface area contributed by atoms with E-state index in [4.69, 9.17) is 0 Å². The largest absolute Gasteiger partial charge is 0.465 e. The van der Waals surface area contributed by atoms with E-state index in [0.717, 1.165) is 19.3 Å². The molecule has 2 atom stereocenters. The van der Waals surface area contributed by atoms with Crippen molar-refractivity contribution in [2.45, 2.75) is 44.2 Å². The SMILES string of the molecule is Cc1ccc(C2CCN(C(=O)Nc3c(F)cccc3N3C[C@H]4C[C@@H]3CN4C(=O)O)CC2)cc1. The van der Waals surface area contributed by atoms with Crippen molar-refractivity contribution in [2.75, 3.05) is 36.4 Å². The molecule has 0 aromatic heterocycles. The predicted molar refractivity (Wildman–Crippen MR) is 124 cm³/mol. The van der Waals surface area contributed by atoms with Gasteiger partial charge in [0.1, 0.15) is 11.5 Å². The summed E-state index contributed by atoms with van der Waals surface area (Å²) in [6.45, 7) is 4.22. The monoisotopic (exact) mass is 452 g/mol. The van der Waals surface area contributed by atoms with Crippen LogP contribution in [0.25, 0.3) is 0 Å². The number of carboxylic acid groups (broad SMARTS) is 1. The molecule has 3 amide bonds. The number of hydrogen-bond acceptors (Lipinski definition) is 3. The van der Waals surface area contributed by atoms with Crippen LogP contribution in [0.1, 0.15) is 36.3 Å². The number of anilines is 2. The number of para-hydroxylation sites is 1. The molecule has 2 N–H and O–H groups in total. The molecular weight excluding hydrogens is 423 g/mol. The molecule has 0 radical (unpaired) electrons. The summed E-state index contributed by atoms with van der Waals surface area (Å²) in [5, 5.41) is 12.2. The number of urea groups is 1. The number of hydrogen-bond donors (Lipinski definition) is 2. The van der Waals surface area contributed by atoms with Crippen molar-refractivity contribution >= 4 is 23.5 Å². The van der Waals surface area contributed by atoms with E-state index in [2.05, 4.69) is 36.5 Å². The molecule has 5 rings (SSSR count). The first-order chi connectivity index (χ1) is 15.9. The van der Waals surface area contributed by atoms with E-state index in [1.54, 1.807) is 17.0 Å². The summed E-state index contributed by atoms with van der Waals surface area (Å²) in [4.78, 5) is 29.7. The second-order valence-corrected chi connectivity index (χ2v) is 9.37. The van der Waals surface area contributed by atoms with Crippen molar-refractivity contribution in [3.05, 3.63) is 59.4 Å².